The van der Waals surface area contributed by atoms with Gasteiger partial charge in [-0.25, -0.2) is 8.42 Å². The maximum Gasteiger partial charge on any atom is 0.154 e. The van der Waals surface area contributed by atoms with E-state index in [9.17, 15) is 8.42 Å². The van der Waals surface area contributed by atoms with E-state index in [-0.39, 0.29) is 17.0 Å². The molecule has 0 saturated heterocycles. The third-order valence-corrected chi connectivity index (χ3v) is 4.93. The summed E-state index contributed by atoms with van der Waals surface area (Å²) < 4.78 is 22.8. The van der Waals surface area contributed by atoms with Crippen molar-refractivity contribution in [3.05, 3.63) is 0 Å². The summed E-state index contributed by atoms with van der Waals surface area (Å²) >= 11 is 0. The second kappa shape index (κ2) is 3.34. The minimum atomic E-state index is -2.93. The van der Waals surface area contributed by atoms with E-state index in [1.165, 1.54) is 0 Å². The van der Waals surface area contributed by atoms with Crippen LogP contribution in [-0.2, 0) is 9.84 Å². The van der Waals surface area contributed by atoms with E-state index < -0.39 is 9.84 Å². The van der Waals surface area contributed by atoms with Crippen LogP contribution in [0.4, 0.5) is 0 Å². The molecule has 0 bridgehead atoms. The van der Waals surface area contributed by atoms with Gasteiger partial charge < -0.3 is 5.73 Å². The molecule has 4 heteroatoms. The van der Waals surface area contributed by atoms with Crippen LogP contribution in [0.15, 0.2) is 0 Å². The Morgan fingerprint density at radius 3 is 2.33 bits per heavy atom. The Kier molecular flexibility index (Phi) is 2.78. The summed E-state index contributed by atoms with van der Waals surface area (Å²) in [6.45, 7) is 3.40. The van der Waals surface area contributed by atoms with E-state index in [2.05, 4.69) is 0 Å². The quantitative estimate of drug-likeness (QED) is 0.706. The summed E-state index contributed by atoms with van der Waals surface area (Å²) in [4.78, 5) is 0. The van der Waals surface area contributed by atoms with Crippen molar-refractivity contribution < 1.29 is 8.42 Å². The topological polar surface area (TPSA) is 60.2 Å². The molecule has 72 valence electrons. The van der Waals surface area contributed by atoms with Crippen LogP contribution < -0.4 is 5.73 Å². The molecule has 1 aliphatic rings. The van der Waals surface area contributed by atoms with E-state index >= 15 is 0 Å². The van der Waals surface area contributed by atoms with Gasteiger partial charge in [-0.3, -0.25) is 0 Å². The standard InChI is InChI=1S/C8H17NO2S/c1-3-12(10,11)6(2)8(9)7-4-5-7/h6-8H,3-5,9H2,1-2H3/t6-,8-/m1/s1. The molecule has 0 unspecified atom stereocenters. The molecule has 1 aliphatic carbocycles. The van der Waals surface area contributed by atoms with Crippen LogP contribution in [0.2, 0.25) is 0 Å². The van der Waals surface area contributed by atoms with Gasteiger partial charge in [0.15, 0.2) is 9.84 Å². The van der Waals surface area contributed by atoms with Gasteiger partial charge in [0.25, 0.3) is 0 Å². The van der Waals surface area contributed by atoms with Crippen molar-refractivity contribution in [3.8, 4) is 0 Å². The van der Waals surface area contributed by atoms with Crippen LogP contribution in [0.3, 0.4) is 0 Å². The molecule has 0 spiro atoms. The maximum atomic E-state index is 11.4. The molecule has 1 fully saturated rings. The van der Waals surface area contributed by atoms with Gasteiger partial charge >= 0.3 is 0 Å². The Labute approximate surface area is 74.3 Å². The van der Waals surface area contributed by atoms with Crippen molar-refractivity contribution >= 4 is 9.84 Å². The lowest BCUT2D eigenvalue weighted by molar-refractivity contribution is 0.532. The Morgan fingerprint density at radius 2 is 2.00 bits per heavy atom. The van der Waals surface area contributed by atoms with Crippen LogP contribution in [0.25, 0.3) is 0 Å². The molecule has 1 saturated carbocycles. The van der Waals surface area contributed by atoms with E-state index in [0.29, 0.717) is 5.92 Å². The Balaban J connectivity index is 2.62. The van der Waals surface area contributed by atoms with Crippen LogP contribution in [-0.4, -0.2) is 25.5 Å². The summed E-state index contributed by atoms with van der Waals surface area (Å²) in [5.74, 6) is 0.663. The summed E-state index contributed by atoms with van der Waals surface area (Å²) in [6, 6.07) is -0.144. The fourth-order valence-electron chi connectivity index (χ4n) is 1.37. The molecule has 0 aliphatic heterocycles. The highest BCUT2D eigenvalue weighted by Gasteiger charge is 2.36. The van der Waals surface area contributed by atoms with Crippen LogP contribution >= 0.6 is 0 Å². The molecule has 0 aromatic heterocycles. The van der Waals surface area contributed by atoms with Gasteiger partial charge in [0, 0.05) is 11.8 Å². The first-order chi connectivity index (χ1) is 5.49. The van der Waals surface area contributed by atoms with Gasteiger partial charge in [0.2, 0.25) is 0 Å². The second-order valence-electron chi connectivity index (χ2n) is 3.57. The summed E-state index contributed by atoms with van der Waals surface area (Å²) in [6.07, 6.45) is 2.20. The van der Waals surface area contributed by atoms with Gasteiger partial charge in [0.05, 0.1) is 5.25 Å². The molecular formula is C8H17NO2S. The van der Waals surface area contributed by atoms with Gasteiger partial charge in [0.1, 0.15) is 0 Å². The first-order valence-electron chi connectivity index (χ1n) is 4.46. The van der Waals surface area contributed by atoms with Crippen LogP contribution in [0, 0.1) is 5.92 Å². The fourth-order valence-corrected chi connectivity index (χ4v) is 2.59. The first kappa shape index (κ1) is 9.99. The third kappa shape index (κ3) is 1.98. The lowest BCUT2D eigenvalue weighted by Crippen LogP contribution is -2.40. The SMILES string of the molecule is CCS(=O)(=O)[C@H](C)[C@@H](N)C1CC1. The highest BCUT2D eigenvalue weighted by molar-refractivity contribution is 7.92. The fraction of sp³-hybridized carbons (Fsp3) is 1.00. The zero-order valence-electron chi connectivity index (χ0n) is 7.66. The molecule has 0 radical (unpaired) electrons. The lowest BCUT2D eigenvalue weighted by atomic mass is 10.1. The van der Waals surface area contributed by atoms with Crippen molar-refractivity contribution in [1.82, 2.24) is 0 Å². The van der Waals surface area contributed by atoms with Gasteiger partial charge in [-0.1, -0.05) is 6.92 Å². The summed E-state index contributed by atoms with van der Waals surface area (Å²) in [5.41, 5.74) is 5.81. The van der Waals surface area contributed by atoms with Crippen molar-refractivity contribution in [2.24, 2.45) is 11.7 Å². The molecule has 0 amide bonds. The van der Waals surface area contributed by atoms with Crippen LogP contribution in [0.1, 0.15) is 26.7 Å². The minimum Gasteiger partial charge on any atom is -0.326 e. The van der Waals surface area contributed by atoms with E-state index in [1.807, 2.05) is 0 Å². The number of hydrogen-bond donors (Lipinski definition) is 1. The molecule has 12 heavy (non-hydrogen) atoms. The van der Waals surface area contributed by atoms with Crippen molar-refractivity contribution in [3.63, 3.8) is 0 Å². The smallest absolute Gasteiger partial charge is 0.154 e. The lowest BCUT2D eigenvalue weighted by Gasteiger charge is -2.18. The molecular weight excluding hydrogens is 174 g/mol. The van der Waals surface area contributed by atoms with E-state index in [4.69, 9.17) is 5.73 Å². The average molecular weight is 191 g/mol. The number of hydrogen-bond acceptors (Lipinski definition) is 3. The highest BCUT2D eigenvalue weighted by Crippen LogP contribution is 2.34. The number of sulfone groups is 1. The zero-order valence-corrected chi connectivity index (χ0v) is 8.47. The zero-order chi connectivity index (χ0) is 9.35. The van der Waals surface area contributed by atoms with E-state index in [0.717, 1.165) is 12.8 Å². The Bertz CT molecular complexity index is 244. The maximum absolute atomic E-state index is 11.4. The third-order valence-electron chi connectivity index (χ3n) is 2.68. The highest BCUT2D eigenvalue weighted by atomic mass is 32.2. The van der Waals surface area contributed by atoms with Crippen molar-refractivity contribution in [2.45, 2.75) is 38.0 Å². The average Bonchev–Trinajstić information content (AvgIpc) is 2.84. The predicted molar refractivity (Wildman–Crippen MR) is 49.6 cm³/mol. The Morgan fingerprint density at radius 1 is 1.50 bits per heavy atom. The summed E-state index contributed by atoms with van der Waals surface area (Å²) in [5, 5.41) is -0.366. The normalized spacial score (nSPS) is 23.6. The molecule has 3 nitrogen and oxygen atoms in total. The minimum absolute atomic E-state index is 0.144. The molecule has 0 heterocycles. The molecule has 2 atom stereocenters. The largest absolute Gasteiger partial charge is 0.326 e. The first-order valence-corrected chi connectivity index (χ1v) is 6.17. The van der Waals surface area contributed by atoms with Gasteiger partial charge in [-0.05, 0) is 25.7 Å². The van der Waals surface area contributed by atoms with Crippen molar-refractivity contribution in [1.29, 1.82) is 0 Å². The van der Waals surface area contributed by atoms with E-state index in [1.54, 1.807) is 13.8 Å². The number of nitrogens with two attached hydrogens (primary N) is 1. The van der Waals surface area contributed by atoms with Crippen LogP contribution in [0.5, 0.6) is 0 Å². The van der Waals surface area contributed by atoms with Crippen molar-refractivity contribution in [2.75, 3.05) is 5.75 Å². The number of rotatable bonds is 4. The van der Waals surface area contributed by atoms with Gasteiger partial charge in [-0.15, -0.1) is 0 Å². The monoisotopic (exact) mass is 191 g/mol. The summed E-state index contributed by atoms with van der Waals surface area (Å²) in [7, 11) is -2.93. The second-order valence-corrected chi connectivity index (χ2v) is 6.22. The molecule has 0 aromatic rings. The molecule has 0 aromatic carbocycles. The molecule has 1 rings (SSSR count). The molecule has 2 N–H and O–H groups in total. The van der Waals surface area contributed by atoms with Gasteiger partial charge in [-0.2, -0.15) is 0 Å². The predicted octanol–water partition coefficient (Wildman–Crippen LogP) is 0.547. The Hall–Kier alpha value is -0.0900.